The molecule has 0 saturated carbocycles. The predicted molar refractivity (Wildman–Crippen MR) is 113 cm³/mol. The molecule has 0 unspecified atom stereocenters. The number of fused-ring (bicyclic) bond motifs is 2. The molecule has 3 heterocycles. The molecule has 2 aromatic heterocycles. The van der Waals surface area contributed by atoms with E-state index in [1.807, 2.05) is 47.9 Å². The quantitative estimate of drug-likeness (QED) is 0.545. The molecule has 0 aliphatic carbocycles. The summed E-state index contributed by atoms with van der Waals surface area (Å²) in [6.45, 7) is 3.32. The number of hydrogen-bond donors (Lipinski definition) is 2. The Hall–Kier alpha value is -3.54. The molecule has 146 valence electrons. The van der Waals surface area contributed by atoms with Gasteiger partial charge in [0.25, 0.3) is 0 Å². The Kier molecular flexibility index (Phi) is 4.31. The van der Waals surface area contributed by atoms with Crippen LogP contribution in [0.2, 0.25) is 0 Å². The van der Waals surface area contributed by atoms with Crippen molar-refractivity contribution in [1.29, 1.82) is 0 Å². The first-order valence-corrected chi connectivity index (χ1v) is 9.82. The van der Waals surface area contributed by atoms with Gasteiger partial charge in [0.05, 0.1) is 17.7 Å². The average Bonchev–Trinajstić information content (AvgIpc) is 3.10. The third kappa shape index (κ3) is 3.16. The fourth-order valence-electron chi connectivity index (χ4n) is 3.86. The number of aromatic nitrogens is 3. The number of anilines is 1. The summed E-state index contributed by atoms with van der Waals surface area (Å²) >= 11 is 0. The molecule has 5 rings (SSSR count). The normalized spacial score (nSPS) is 13.1. The second-order valence-corrected chi connectivity index (χ2v) is 7.28. The van der Waals surface area contributed by atoms with Crippen molar-refractivity contribution in [3.63, 3.8) is 0 Å². The maximum Gasteiger partial charge on any atom is 0.239 e. The minimum absolute atomic E-state index is 0.251. The van der Waals surface area contributed by atoms with Crippen molar-refractivity contribution in [3.8, 4) is 17.6 Å². The number of nitrogens with zero attached hydrogens (tertiary/aromatic N) is 3. The van der Waals surface area contributed by atoms with Crippen LogP contribution in [0.3, 0.4) is 0 Å². The molecule has 2 N–H and O–H groups in total. The molecule has 0 radical (unpaired) electrons. The smallest absolute Gasteiger partial charge is 0.239 e. The van der Waals surface area contributed by atoms with Gasteiger partial charge in [0.2, 0.25) is 11.8 Å². The lowest BCUT2D eigenvalue weighted by Gasteiger charge is -2.21. The Labute approximate surface area is 168 Å². The number of benzene rings is 2. The molecule has 1 aliphatic heterocycles. The van der Waals surface area contributed by atoms with Crippen LogP contribution in [0.4, 0.5) is 5.82 Å². The molecule has 6 heteroatoms. The molecular weight excluding hydrogens is 364 g/mol. The van der Waals surface area contributed by atoms with Crippen LogP contribution in [0.5, 0.6) is 11.6 Å². The van der Waals surface area contributed by atoms with Crippen molar-refractivity contribution in [2.75, 3.05) is 11.9 Å². The monoisotopic (exact) mass is 386 g/mol. The lowest BCUT2D eigenvalue weighted by Crippen LogP contribution is -2.17. The summed E-state index contributed by atoms with van der Waals surface area (Å²) in [6, 6.07) is 17.7. The predicted octanol–water partition coefficient (Wildman–Crippen LogP) is 4.37. The summed E-state index contributed by atoms with van der Waals surface area (Å²) < 4.78 is 7.84. The lowest BCUT2D eigenvalue weighted by molar-refractivity contribution is 0.275. The van der Waals surface area contributed by atoms with Crippen LogP contribution in [-0.2, 0) is 13.0 Å². The number of phenolic OH excluding ortho intramolecular Hbond substituents is 1. The van der Waals surface area contributed by atoms with Crippen molar-refractivity contribution in [3.05, 3.63) is 71.4 Å². The summed E-state index contributed by atoms with van der Waals surface area (Å²) in [5.74, 6) is 2.23. The van der Waals surface area contributed by atoms with Crippen LogP contribution in [0.25, 0.3) is 16.9 Å². The van der Waals surface area contributed by atoms with E-state index in [1.165, 1.54) is 5.56 Å². The van der Waals surface area contributed by atoms with E-state index in [0.717, 1.165) is 40.8 Å². The van der Waals surface area contributed by atoms with E-state index < -0.39 is 0 Å². The van der Waals surface area contributed by atoms with E-state index in [9.17, 15) is 5.11 Å². The standard InChI is InChI=1S/C23H22N4O2/c1-15-13-18-19(10-5-11-20(18)28)27(15)23-25-21(17-9-6-12-29-22(17)26-23)24-14-16-7-3-2-4-8-16/h2-5,7-8,10-11,13,28H,6,9,12,14H2,1H3,(H,24,25,26). The van der Waals surface area contributed by atoms with Crippen molar-refractivity contribution < 1.29 is 9.84 Å². The summed E-state index contributed by atoms with van der Waals surface area (Å²) in [6.07, 6.45) is 1.84. The minimum Gasteiger partial charge on any atom is -0.507 e. The average molecular weight is 386 g/mol. The van der Waals surface area contributed by atoms with Crippen LogP contribution < -0.4 is 10.1 Å². The van der Waals surface area contributed by atoms with Gasteiger partial charge in [-0.3, -0.25) is 4.57 Å². The fourth-order valence-corrected chi connectivity index (χ4v) is 3.86. The second kappa shape index (κ2) is 7.13. The Balaban J connectivity index is 1.61. The first-order chi connectivity index (χ1) is 14.2. The molecule has 1 aliphatic rings. The molecule has 4 aromatic rings. The lowest BCUT2D eigenvalue weighted by atomic mass is 10.1. The van der Waals surface area contributed by atoms with E-state index in [-0.39, 0.29) is 5.75 Å². The molecule has 0 saturated heterocycles. The van der Waals surface area contributed by atoms with Crippen LogP contribution in [0, 0.1) is 6.92 Å². The first-order valence-electron chi connectivity index (χ1n) is 9.82. The van der Waals surface area contributed by atoms with E-state index >= 15 is 0 Å². The van der Waals surface area contributed by atoms with Crippen LogP contribution in [0.15, 0.2) is 54.6 Å². The largest absolute Gasteiger partial charge is 0.507 e. The zero-order valence-electron chi connectivity index (χ0n) is 16.2. The SMILES string of the molecule is Cc1cc2c(O)cccc2n1-c1nc(NCc2ccccc2)c2c(n1)OCCC2. The third-order valence-corrected chi connectivity index (χ3v) is 5.28. The molecule has 0 fully saturated rings. The van der Waals surface area contributed by atoms with Gasteiger partial charge in [-0.25, -0.2) is 0 Å². The highest BCUT2D eigenvalue weighted by atomic mass is 16.5. The number of nitrogens with one attached hydrogen (secondary N) is 1. The number of aromatic hydroxyl groups is 1. The topological polar surface area (TPSA) is 72.2 Å². The molecule has 0 amide bonds. The molecule has 0 atom stereocenters. The number of rotatable bonds is 4. The van der Waals surface area contributed by atoms with Gasteiger partial charge in [-0.05, 0) is 43.5 Å². The van der Waals surface area contributed by atoms with Gasteiger partial charge in [-0.2, -0.15) is 9.97 Å². The van der Waals surface area contributed by atoms with Gasteiger partial charge in [0.15, 0.2) is 0 Å². The Morgan fingerprint density at radius 1 is 1.10 bits per heavy atom. The maximum absolute atomic E-state index is 10.2. The van der Waals surface area contributed by atoms with Crippen LogP contribution in [-0.4, -0.2) is 26.2 Å². The Bertz CT molecular complexity index is 1180. The van der Waals surface area contributed by atoms with Gasteiger partial charge in [-0.15, -0.1) is 0 Å². The fraction of sp³-hybridized carbons (Fsp3) is 0.217. The van der Waals surface area contributed by atoms with Crippen LogP contribution >= 0.6 is 0 Å². The zero-order chi connectivity index (χ0) is 19.8. The molecule has 0 bridgehead atoms. The molecule has 29 heavy (non-hydrogen) atoms. The van der Waals surface area contributed by atoms with Crippen molar-refractivity contribution >= 4 is 16.7 Å². The summed E-state index contributed by atoms with van der Waals surface area (Å²) in [5, 5.41) is 14.5. The Morgan fingerprint density at radius 2 is 1.97 bits per heavy atom. The number of ether oxygens (including phenoxy) is 1. The van der Waals surface area contributed by atoms with Gasteiger partial charge in [0, 0.05) is 17.6 Å². The van der Waals surface area contributed by atoms with E-state index in [4.69, 9.17) is 14.7 Å². The summed E-state index contributed by atoms with van der Waals surface area (Å²) in [4.78, 5) is 9.58. The van der Waals surface area contributed by atoms with Gasteiger partial charge in [0.1, 0.15) is 11.6 Å². The Morgan fingerprint density at radius 3 is 2.83 bits per heavy atom. The first kappa shape index (κ1) is 17.6. The van der Waals surface area contributed by atoms with E-state index in [1.54, 1.807) is 6.07 Å². The number of phenols is 1. The summed E-state index contributed by atoms with van der Waals surface area (Å²) in [5.41, 5.74) is 4.03. The van der Waals surface area contributed by atoms with E-state index in [0.29, 0.717) is 25.0 Å². The van der Waals surface area contributed by atoms with Crippen LogP contribution in [0.1, 0.15) is 23.2 Å². The number of aryl methyl sites for hydroxylation is 1. The molecule has 2 aromatic carbocycles. The zero-order valence-corrected chi connectivity index (χ0v) is 16.2. The molecule has 0 spiro atoms. The highest BCUT2D eigenvalue weighted by Crippen LogP contribution is 2.33. The van der Waals surface area contributed by atoms with Gasteiger partial charge >= 0.3 is 0 Å². The highest BCUT2D eigenvalue weighted by molar-refractivity contribution is 5.88. The molecular formula is C23H22N4O2. The highest BCUT2D eigenvalue weighted by Gasteiger charge is 2.21. The van der Waals surface area contributed by atoms with E-state index in [2.05, 4.69) is 17.4 Å². The van der Waals surface area contributed by atoms with Crippen molar-refractivity contribution in [1.82, 2.24) is 14.5 Å². The van der Waals surface area contributed by atoms with Crippen molar-refractivity contribution in [2.45, 2.75) is 26.3 Å². The maximum atomic E-state index is 10.2. The third-order valence-electron chi connectivity index (χ3n) is 5.28. The minimum atomic E-state index is 0.251. The van der Waals surface area contributed by atoms with Crippen molar-refractivity contribution in [2.24, 2.45) is 0 Å². The molecule has 6 nitrogen and oxygen atoms in total. The summed E-state index contributed by atoms with van der Waals surface area (Å²) in [7, 11) is 0. The van der Waals surface area contributed by atoms with Gasteiger partial charge < -0.3 is 15.2 Å². The number of hydrogen-bond acceptors (Lipinski definition) is 5. The second-order valence-electron chi connectivity index (χ2n) is 7.28. The van der Waals surface area contributed by atoms with Gasteiger partial charge in [-0.1, -0.05) is 36.4 Å².